The van der Waals surface area contributed by atoms with Crippen LogP contribution in [0.1, 0.15) is 12.8 Å². The third-order valence-electron chi connectivity index (χ3n) is 3.00. The molecular weight excluding hydrogens is 276 g/mol. The predicted molar refractivity (Wildman–Crippen MR) is 72.8 cm³/mol. The minimum absolute atomic E-state index is 0.212. The van der Waals surface area contributed by atoms with E-state index in [-0.39, 0.29) is 18.9 Å². The van der Waals surface area contributed by atoms with Crippen LogP contribution in [0.3, 0.4) is 0 Å². The molecule has 7 nitrogen and oxygen atoms in total. The van der Waals surface area contributed by atoms with Crippen LogP contribution < -0.4 is 20.1 Å². The van der Waals surface area contributed by atoms with Gasteiger partial charge in [-0.1, -0.05) is 12.1 Å². The lowest BCUT2D eigenvalue weighted by Gasteiger charge is -2.21. The summed E-state index contributed by atoms with van der Waals surface area (Å²) in [6.45, 7) is -0.238. The Morgan fingerprint density at radius 3 is 2.71 bits per heavy atom. The summed E-state index contributed by atoms with van der Waals surface area (Å²) in [5.41, 5.74) is 0. The Morgan fingerprint density at radius 2 is 2.05 bits per heavy atom. The zero-order chi connectivity index (χ0) is 15.2. The highest BCUT2D eigenvalue weighted by molar-refractivity contribution is 6.01. The van der Waals surface area contributed by atoms with Gasteiger partial charge in [-0.2, -0.15) is 0 Å². The van der Waals surface area contributed by atoms with Gasteiger partial charge in [0.25, 0.3) is 5.91 Å². The molecule has 0 spiro atoms. The molecule has 1 aromatic rings. The molecule has 7 heteroatoms. The van der Waals surface area contributed by atoms with Gasteiger partial charge in [-0.25, -0.2) is 0 Å². The summed E-state index contributed by atoms with van der Waals surface area (Å²) >= 11 is 0. The van der Waals surface area contributed by atoms with E-state index in [4.69, 9.17) is 9.47 Å². The third kappa shape index (κ3) is 3.95. The third-order valence-corrected chi connectivity index (χ3v) is 3.00. The van der Waals surface area contributed by atoms with Crippen molar-refractivity contribution < 1.29 is 23.9 Å². The van der Waals surface area contributed by atoms with Crippen LogP contribution in [0.15, 0.2) is 24.3 Å². The first-order valence-electron chi connectivity index (χ1n) is 6.49. The number of nitrogens with one attached hydrogen (secondary N) is 2. The summed E-state index contributed by atoms with van der Waals surface area (Å²) in [5, 5.41) is 4.70. The summed E-state index contributed by atoms with van der Waals surface area (Å²) < 4.78 is 10.5. The molecule has 1 aromatic carbocycles. The molecule has 1 unspecified atom stereocenters. The van der Waals surface area contributed by atoms with E-state index < -0.39 is 17.9 Å². The second-order valence-corrected chi connectivity index (χ2v) is 4.51. The minimum atomic E-state index is -0.698. The van der Waals surface area contributed by atoms with E-state index in [2.05, 4.69) is 10.6 Å². The van der Waals surface area contributed by atoms with Crippen LogP contribution in [0.4, 0.5) is 0 Å². The highest BCUT2D eigenvalue weighted by Gasteiger charge is 2.27. The van der Waals surface area contributed by atoms with Crippen molar-refractivity contribution in [3.63, 3.8) is 0 Å². The Kier molecular flexibility index (Phi) is 4.76. The Hall–Kier alpha value is -2.57. The molecule has 2 N–H and O–H groups in total. The van der Waals surface area contributed by atoms with Crippen molar-refractivity contribution in [3.05, 3.63) is 24.3 Å². The zero-order valence-corrected chi connectivity index (χ0v) is 11.5. The van der Waals surface area contributed by atoms with Gasteiger partial charge in [-0.05, 0) is 18.6 Å². The van der Waals surface area contributed by atoms with Crippen molar-refractivity contribution in [3.8, 4) is 11.5 Å². The molecule has 0 bridgehead atoms. The smallest absolute Gasteiger partial charge is 0.258 e. The molecule has 112 valence electrons. The number of imide groups is 1. The van der Waals surface area contributed by atoms with Crippen LogP contribution >= 0.6 is 0 Å². The molecule has 1 aliphatic heterocycles. The monoisotopic (exact) mass is 292 g/mol. The summed E-state index contributed by atoms with van der Waals surface area (Å²) in [7, 11) is 1.51. The fourth-order valence-corrected chi connectivity index (χ4v) is 1.95. The van der Waals surface area contributed by atoms with E-state index >= 15 is 0 Å². The summed E-state index contributed by atoms with van der Waals surface area (Å²) in [4.78, 5) is 34.3. The van der Waals surface area contributed by atoms with E-state index in [1.54, 1.807) is 24.3 Å². The van der Waals surface area contributed by atoms with E-state index in [0.29, 0.717) is 17.9 Å². The molecule has 2 rings (SSSR count). The van der Waals surface area contributed by atoms with Gasteiger partial charge in [0.2, 0.25) is 11.8 Å². The number of para-hydroxylation sites is 2. The van der Waals surface area contributed by atoms with Gasteiger partial charge in [-0.15, -0.1) is 0 Å². The first kappa shape index (κ1) is 14.8. The second kappa shape index (κ2) is 6.74. The molecule has 0 aromatic heterocycles. The first-order valence-corrected chi connectivity index (χ1v) is 6.49. The van der Waals surface area contributed by atoms with E-state index in [0.717, 1.165) is 0 Å². The number of piperidine rings is 1. The number of hydrogen-bond acceptors (Lipinski definition) is 5. The number of carbonyl (C=O) groups is 3. The Labute approximate surface area is 121 Å². The number of benzene rings is 1. The zero-order valence-electron chi connectivity index (χ0n) is 11.5. The molecule has 1 heterocycles. The standard InChI is InChI=1S/C14H16N2O5/c1-20-10-4-2-3-5-11(10)21-8-13(18)15-9-6-7-12(17)16-14(9)19/h2-5,9H,6-8H2,1H3,(H,15,18)(H,16,17,19). The topological polar surface area (TPSA) is 93.7 Å². The summed E-state index contributed by atoms with van der Waals surface area (Å²) in [6, 6.07) is 6.24. The molecule has 0 saturated carbocycles. The molecular formula is C14H16N2O5. The van der Waals surface area contributed by atoms with Crippen LogP contribution in [0, 0.1) is 0 Å². The van der Waals surface area contributed by atoms with Crippen LogP contribution in [-0.4, -0.2) is 37.5 Å². The molecule has 1 fully saturated rings. The number of carbonyl (C=O) groups excluding carboxylic acids is 3. The lowest BCUT2D eigenvalue weighted by atomic mass is 10.1. The van der Waals surface area contributed by atoms with Crippen LogP contribution in [0.25, 0.3) is 0 Å². The lowest BCUT2D eigenvalue weighted by Crippen LogP contribution is -2.53. The Balaban J connectivity index is 1.85. The van der Waals surface area contributed by atoms with Crippen LogP contribution in [0.5, 0.6) is 11.5 Å². The lowest BCUT2D eigenvalue weighted by molar-refractivity contribution is -0.137. The molecule has 1 aliphatic rings. The second-order valence-electron chi connectivity index (χ2n) is 4.51. The normalized spacial score (nSPS) is 17.9. The minimum Gasteiger partial charge on any atom is -0.493 e. The molecule has 0 radical (unpaired) electrons. The first-order chi connectivity index (χ1) is 10.1. The van der Waals surface area contributed by atoms with Crippen molar-refractivity contribution in [2.75, 3.05) is 13.7 Å². The van der Waals surface area contributed by atoms with E-state index in [1.165, 1.54) is 7.11 Å². The largest absolute Gasteiger partial charge is 0.493 e. The van der Waals surface area contributed by atoms with Gasteiger partial charge in [-0.3, -0.25) is 19.7 Å². The molecule has 21 heavy (non-hydrogen) atoms. The number of hydrogen-bond donors (Lipinski definition) is 2. The fraction of sp³-hybridized carbons (Fsp3) is 0.357. The van der Waals surface area contributed by atoms with Gasteiger partial charge in [0.1, 0.15) is 6.04 Å². The molecule has 1 atom stereocenters. The van der Waals surface area contributed by atoms with Gasteiger partial charge >= 0.3 is 0 Å². The van der Waals surface area contributed by atoms with Crippen molar-refractivity contribution in [1.29, 1.82) is 0 Å². The quantitative estimate of drug-likeness (QED) is 0.745. The SMILES string of the molecule is COc1ccccc1OCC(=O)NC1CCC(=O)NC1=O. The predicted octanol–water partition coefficient (Wildman–Crippen LogP) is -0.00460. The molecule has 1 saturated heterocycles. The van der Waals surface area contributed by atoms with Gasteiger partial charge in [0.05, 0.1) is 7.11 Å². The van der Waals surface area contributed by atoms with Crippen molar-refractivity contribution in [1.82, 2.24) is 10.6 Å². The fourth-order valence-electron chi connectivity index (χ4n) is 1.95. The number of amides is 3. The summed E-state index contributed by atoms with van der Waals surface area (Å²) in [5.74, 6) is -0.284. The van der Waals surface area contributed by atoms with E-state index in [9.17, 15) is 14.4 Å². The maximum Gasteiger partial charge on any atom is 0.258 e. The number of ether oxygens (including phenoxy) is 2. The number of rotatable bonds is 5. The average Bonchev–Trinajstić information content (AvgIpc) is 2.48. The maximum atomic E-state index is 11.8. The Morgan fingerprint density at radius 1 is 1.33 bits per heavy atom. The van der Waals surface area contributed by atoms with Crippen molar-refractivity contribution in [2.45, 2.75) is 18.9 Å². The highest BCUT2D eigenvalue weighted by Crippen LogP contribution is 2.25. The van der Waals surface area contributed by atoms with Gasteiger partial charge in [0.15, 0.2) is 18.1 Å². The highest BCUT2D eigenvalue weighted by atomic mass is 16.5. The van der Waals surface area contributed by atoms with Gasteiger partial charge < -0.3 is 14.8 Å². The van der Waals surface area contributed by atoms with Crippen LogP contribution in [0.2, 0.25) is 0 Å². The van der Waals surface area contributed by atoms with Gasteiger partial charge in [0, 0.05) is 6.42 Å². The summed E-state index contributed by atoms with van der Waals surface area (Å²) in [6.07, 6.45) is 0.509. The van der Waals surface area contributed by atoms with Crippen LogP contribution in [-0.2, 0) is 14.4 Å². The Bertz CT molecular complexity index is 558. The van der Waals surface area contributed by atoms with Crippen molar-refractivity contribution >= 4 is 17.7 Å². The number of methoxy groups -OCH3 is 1. The molecule has 0 aliphatic carbocycles. The average molecular weight is 292 g/mol. The van der Waals surface area contributed by atoms with Crippen molar-refractivity contribution in [2.24, 2.45) is 0 Å². The van der Waals surface area contributed by atoms with E-state index in [1.807, 2.05) is 0 Å². The maximum absolute atomic E-state index is 11.8. The molecule has 3 amide bonds.